The summed E-state index contributed by atoms with van der Waals surface area (Å²) in [5.41, 5.74) is 11.1. The van der Waals surface area contributed by atoms with Crippen molar-refractivity contribution < 1.29 is 9.32 Å². The molecule has 0 saturated carbocycles. The van der Waals surface area contributed by atoms with Gasteiger partial charge in [-0.05, 0) is 17.7 Å². The van der Waals surface area contributed by atoms with Gasteiger partial charge in [0.1, 0.15) is 11.5 Å². The number of hydrazine groups is 1. The monoisotopic (exact) mass is 374 g/mol. The topological polar surface area (TPSA) is 70.4 Å². The highest BCUT2D eigenvalue weighted by molar-refractivity contribution is 5.94. The summed E-state index contributed by atoms with van der Waals surface area (Å²) in [6, 6.07) is 18.0. The Bertz CT molecular complexity index is 993. The van der Waals surface area contributed by atoms with E-state index < -0.39 is 0 Å². The number of hydrogen-bond acceptors (Lipinski definition) is 5. The minimum Gasteiger partial charge on any atom is -0.360 e. The molecular weight excluding hydrogens is 352 g/mol. The van der Waals surface area contributed by atoms with Crippen LogP contribution in [0.2, 0.25) is 0 Å². The summed E-state index contributed by atoms with van der Waals surface area (Å²) in [6.45, 7) is 2.93. The molecule has 28 heavy (non-hydrogen) atoms. The summed E-state index contributed by atoms with van der Waals surface area (Å²) >= 11 is 0. The minimum atomic E-state index is 0.0617. The van der Waals surface area contributed by atoms with Crippen LogP contribution < -0.4 is 10.9 Å². The molecule has 2 aliphatic rings. The van der Waals surface area contributed by atoms with Crippen molar-refractivity contribution >= 4 is 5.91 Å². The Labute approximate surface area is 163 Å². The number of rotatable bonds is 3. The fraction of sp³-hybridized carbons (Fsp3) is 0.273. The van der Waals surface area contributed by atoms with Crippen LogP contribution in [0.25, 0.3) is 11.3 Å². The molecule has 2 aromatic carbocycles. The standard InChI is InChI=1S/C22H22N4O2/c27-22(17-8-4-7-16(11-17)18-12-23-24-13-18)26-10-9-20-19(14-26)21(25-28-20)15-5-2-1-3-6-15/h1-8,11,18,23-24H,9-10,12-14H2. The number of carbonyl (C=O) groups is 1. The third-order valence-corrected chi connectivity index (χ3v) is 5.59. The van der Waals surface area contributed by atoms with Gasteiger partial charge in [0, 0.05) is 48.7 Å². The summed E-state index contributed by atoms with van der Waals surface area (Å²) in [7, 11) is 0. The number of carbonyl (C=O) groups excluding carboxylic acids is 1. The third kappa shape index (κ3) is 3.10. The quantitative estimate of drug-likeness (QED) is 0.738. The van der Waals surface area contributed by atoms with Crippen molar-refractivity contribution in [1.29, 1.82) is 0 Å². The molecule has 2 N–H and O–H groups in total. The molecule has 3 heterocycles. The lowest BCUT2D eigenvalue weighted by molar-refractivity contribution is 0.0729. The molecule has 0 radical (unpaired) electrons. The van der Waals surface area contributed by atoms with E-state index in [4.69, 9.17) is 4.52 Å². The van der Waals surface area contributed by atoms with Crippen LogP contribution in [0, 0.1) is 0 Å². The van der Waals surface area contributed by atoms with Gasteiger partial charge in [0.2, 0.25) is 0 Å². The maximum Gasteiger partial charge on any atom is 0.254 e. The lowest BCUT2D eigenvalue weighted by atomic mass is 9.97. The van der Waals surface area contributed by atoms with Crippen molar-refractivity contribution in [2.24, 2.45) is 0 Å². The van der Waals surface area contributed by atoms with Crippen LogP contribution >= 0.6 is 0 Å². The Hall–Kier alpha value is -2.96. The molecule has 0 atom stereocenters. The van der Waals surface area contributed by atoms with Gasteiger partial charge in [-0.15, -0.1) is 0 Å². The zero-order valence-corrected chi connectivity index (χ0v) is 15.5. The second kappa shape index (κ2) is 7.22. The number of amides is 1. The zero-order chi connectivity index (χ0) is 18.9. The van der Waals surface area contributed by atoms with Crippen LogP contribution in [-0.4, -0.2) is 35.6 Å². The molecule has 0 spiro atoms. The van der Waals surface area contributed by atoms with E-state index in [2.05, 4.69) is 22.1 Å². The SMILES string of the molecule is O=C(c1cccc(C2CNNC2)c1)N1CCc2onc(-c3ccccc3)c2C1. The van der Waals surface area contributed by atoms with E-state index in [9.17, 15) is 4.79 Å². The summed E-state index contributed by atoms with van der Waals surface area (Å²) in [4.78, 5) is 15.1. The fourth-order valence-corrected chi connectivity index (χ4v) is 4.01. The molecule has 1 fully saturated rings. The van der Waals surface area contributed by atoms with E-state index in [1.54, 1.807) is 0 Å². The van der Waals surface area contributed by atoms with E-state index in [-0.39, 0.29) is 5.91 Å². The number of fused-ring (bicyclic) bond motifs is 1. The second-order valence-corrected chi connectivity index (χ2v) is 7.36. The normalized spacial score (nSPS) is 16.9. The van der Waals surface area contributed by atoms with Gasteiger partial charge in [-0.2, -0.15) is 0 Å². The summed E-state index contributed by atoms with van der Waals surface area (Å²) < 4.78 is 5.56. The maximum absolute atomic E-state index is 13.2. The van der Waals surface area contributed by atoms with Crippen LogP contribution in [0.3, 0.4) is 0 Å². The minimum absolute atomic E-state index is 0.0617. The molecule has 1 saturated heterocycles. The Balaban J connectivity index is 1.40. The van der Waals surface area contributed by atoms with Gasteiger partial charge in [-0.1, -0.05) is 47.6 Å². The Kier molecular flexibility index (Phi) is 4.43. The van der Waals surface area contributed by atoms with Gasteiger partial charge < -0.3 is 9.42 Å². The van der Waals surface area contributed by atoms with Crippen LogP contribution in [0.15, 0.2) is 59.1 Å². The van der Waals surface area contributed by atoms with Gasteiger partial charge >= 0.3 is 0 Å². The van der Waals surface area contributed by atoms with Crippen molar-refractivity contribution in [1.82, 2.24) is 20.9 Å². The van der Waals surface area contributed by atoms with Gasteiger partial charge in [0.05, 0.1) is 6.54 Å². The smallest absolute Gasteiger partial charge is 0.254 e. The third-order valence-electron chi connectivity index (χ3n) is 5.59. The zero-order valence-electron chi connectivity index (χ0n) is 15.5. The molecule has 1 aromatic heterocycles. The predicted molar refractivity (Wildman–Crippen MR) is 106 cm³/mol. The van der Waals surface area contributed by atoms with Crippen LogP contribution in [0.4, 0.5) is 0 Å². The van der Waals surface area contributed by atoms with E-state index >= 15 is 0 Å². The number of benzene rings is 2. The molecule has 2 aliphatic heterocycles. The molecule has 5 rings (SSSR count). The van der Waals surface area contributed by atoms with E-state index in [1.165, 1.54) is 5.56 Å². The fourth-order valence-electron chi connectivity index (χ4n) is 4.01. The van der Waals surface area contributed by atoms with E-state index in [0.717, 1.165) is 41.2 Å². The van der Waals surface area contributed by atoms with E-state index in [0.29, 0.717) is 25.4 Å². The first-order valence-corrected chi connectivity index (χ1v) is 9.67. The highest BCUT2D eigenvalue weighted by Gasteiger charge is 2.28. The molecule has 0 unspecified atom stereocenters. The molecular formula is C22H22N4O2. The lowest BCUT2D eigenvalue weighted by Gasteiger charge is -2.26. The Morgan fingerprint density at radius 2 is 1.89 bits per heavy atom. The molecule has 1 amide bonds. The van der Waals surface area contributed by atoms with Crippen molar-refractivity contribution in [2.45, 2.75) is 18.9 Å². The lowest BCUT2D eigenvalue weighted by Crippen LogP contribution is -2.35. The van der Waals surface area contributed by atoms with Gasteiger partial charge in [-0.3, -0.25) is 15.6 Å². The summed E-state index contributed by atoms with van der Waals surface area (Å²) in [5.74, 6) is 1.34. The van der Waals surface area contributed by atoms with E-state index in [1.807, 2.05) is 53.4 Å². The first-order valence-electron chi connectivity index (χ1n) is 9.67. The van der Waals surface area contributed by atoms with Gasteiger partial charge in [0.25, 0.3) is 5.91 Å². The Morgan fingerprint density at radius 1 is 1.07 bits per heavy atom. The van der Waals surface area contributed by atoms with Crippen molar-refractivity contribution in [3.05, 3.63) is 77.0 Å². The highest BCUT2D eigenvalue weighted by atomic mass is 16.5. The predicted octanol–water partition coefficient (Wildman–Crippen LogP) is 2.73. The molecule has 0 aliphatic carbocycles. The molecule has 0 bridgehead atoms. The largest absolute Gasteiger partial charge is 0.360 e. The van der Waals surface area contributed by atoms with Gasteiger partial charge in [-0.25, -0.2) is 0 Å². The highest BCUT2D eigenvalue weighted by Crippen LogP contribution is 2.30. The van der Waals surface area contributed by atoms with Crippen molar-refractivity contribution in [3.63, 3.8) is 0 Å². The average Bonchev–Trinajstić information content (AvgIpc) is 3.43. The van der Waals surface area contributed by atoms with Crippen molar-refractivity contribution in [2.75, 3.05) is 19.6 Å². The average molecular weight is 374 g/mol. The Morgan fingerprint density at radius 3 is 2.71 bits per heavy atom. The molecule has 3 aromatic rings. The van der Waals surface area contributed by atoms with Crippen LogP contribution in [0.5, 0.6) is 0 Å². The number of aromatic nitrogens is 1. The molecule has 6 heteroatoms. The van der Waals surface area contributed by atoms with Crippen molar-refractivity contribution in [3.8, 4) is 11.3 Å². The molecule has 6 nitrogen and oxygen atoms in total. The maximum atomic E-state index is 13.2. The van der Waals surface area contributed by atoms with Gasteiger partial charge in [0.15, 0.2) is 0 Å². The second-order valence-electron chi connectivity index (χ2n) is 7.36. The summed E-state index contributed by atoms with van der Waals surface area (Å²) in [5, 5.41) is 4.27. The van der Waals surface area contributed by atoms with Crippen LogP contribution in [-0.2, 0) is 13.0 Å². The first kappa shape index (κ1) is 17.2. The molecule has 142 valence electrons. The van der Waals surface area contributed by atoms with Crippen LogP contribution in [0.1, 0.15) is 33.2 Å². The first-order chi connectivity index (χ1) is 13.8. The summed E-state index contributed by atoms with van der Waals surface area (Å²) in [6.07, 6.45) is 0.692. The number of hydrogen-bond donors (Lipinski definition) is 2. The number of nitrogens with zero attached hydrogens (tertiary/aromatic N) is 2. The number of nitrogens with one attached hydrogen (secondary N) is 2.